The molecule has 24 heavy (non-hydrogen) atoms. The summed E-state index contributed by atoms with van der Waals surface area (Å²) in [5.74, 6) is 0.136. The van der Waals surface area contributed by atoms with Gasteiger partial charge in [0.2, 0.25) is 10.0 Å². The quantitative estimate of drug-likeness (QED) is 0.818. The van der Waals surface area contributed by atoms with Crippen LogP contribution in [0.3, 0.4) is 0 Å². The maximum absolute atomic E-state index is 12.7. The van der Waals surface area contributed by atoms with E-state index in [0.717, 1.165) is 12.1 Å². The van der Waals surface area contributed by atoms with E-state index in [1.165, 1.54) is 30.5 Å². The lowest BCUT2D eigenvalue weighted by atomic mass is 10.2. The van der Waals surface area contributed by atoms with E-state index in [4.69, 9.17) is 0 Å². The molecular formula is C15H16F3N3O2S. The van der Waals surface area contributed by atoms with Crippen LogP contribution in [0.2, 0.25) is 0 Å². The fourth-order valence-electron chi connectivity index (χ4n) is 1.95. The minimum absolute atomic E-state index is 0.0150. The van der Waals surface area contributed by atoms with E-state index in [-0.39, 0.29) is 17.3 Å². The van der Waals surface area contributed by atoms with Gasteiger partial charge in [-0.1, -0.05) is 13.0 Å². The molecule has 5 nitrogen and oxygen atoms in total. The van der Waals surface area contributed by atoms with E-state index in [1.807, 2.05) is 0 Å². The molecule has 0 bridgehead atoms. The lowest BCUT2D eigenvalue weighted by Gasteiger charge is -2.11. The second-order valence-electron chi connectivity index (χ2n) is 5.06. The highest BCUT2D eigenvalue weighted by atomic mass is 32.2. The predicted octanol–water partition coefficient (Wildman–Crippen LogP) is 4.00. The third-order valence-electron chi connectivity index (χ3n) is 2.97. The first kappa shape index (κ1) is 18.1. The van der Waals surface area contributed by atoms with Crippen LogP contribution in [-0.4, -0.2) is 19.2 Å². The van der Waals surface area contributed by atoms with Crippen molar-refractivity contribution in [2.45, 2.75) is 19.5 Å². The summed E-state index contributed by atoms with van der Waals surface area (Å²) < 4.78 is 63.6. The molecule has 9 heteroatoms. The molecule has 1 aromatic carbocycles. The Morgan fingerprint density at radius 3 is 2.46 bits per heavy atom. The highest BCUT2D eigenvalue weighted by Gasteiger charge is 2.30. The second kappa shape index (κ2) is 7.08. The maximum atomic E-state index is 12.7. The molecule has 0 saturated carbocycles. The SMILES string of the molecule is CCCS(=O)(=O)Nc1ccc(Nc2cccc(C(F)(F)F)c2)cn1. The average molecular weight is 359 g/mol. The third-order valence-corrected chi connectivity index (χ3v) is 4.44. The van der Waals surface area contributed by atoms with Crippen LogP contribution in [0.25, 0.3) is 0 Å². The van der Waals surface area contributed by atoms with Crippen LogP contribution < -0.4 is 10.0 Å². The molecule has 0 amide bonds. The molecule has 1 aromatic heterocycles. The second-order valence-corrected chi connectivity index (χ2v) is 6.90. The zero-order valence-corrected chi connectivity index (χ0v) is 13.6. The highest BCUT2D eigenvalue weighted by molar-refractivity contribution is 7.92. The summed E-state index contributed by atoms with van der Waals surface area (Å²) in [5.41, 5.74) is -0.0666. The Hall–Kier alpha value is -2.29. The van der Waals surface area contributed by atoms with Gasteiger partial charge in [-0.05, 0) is 36.8 Å². The van der Waals surface area contributed by atoms with Gasteiger partial charge in [-0.25, -0.2) is 13.4 Å². The summed E-state index contributed by atoms with van der Waals surface area (Å²) in [6, 6.07) is 7.71. The number of pyridine rings is 1. The molecule has 0 spiro atoms. The van der Waals surface area contributed by atoms with E-state index in [1.54, 1.807) is 6.92 Å². The van der Waals surface area contributed by atoms with Crippen molar-refractivity contribution in [1.29, 1.82) is 0 Å². The Labute approximate surface area is 138 Å². The van der Waals surface area contributed by atoms with E-state index in [0.29, 0.717) is 12.1 Å². The Bertz CT molecular complexity index is 790. The first-order chi connectivity index (χ1) is 11.2. The van der Waals surface area contributed by atoms with Crippen LogP contribution in [0.4, 0.5) is 30.4 Å². The predicted molar refractivity (Wildman–Crippen MR) is 86.7 cm³/mol. The number of hydrogen-bond acceptors (Lipinski definition) is 4. The summed E-state index contributed by atoms with van der Waals surface area (Å²) in [6.07, 6.45) is -2.61. The zero-order chi connectivity index (χ0) is 17.8. The van der Waals surface area contributed by atoms with Crippen molar-refractivity contribution in [3.05, 3.63) is 48.2 Å². The zero-order valence-electron chi connectivity index (χ0n) is 12.8. The van der Waals surface area contributed by atoms with E-state index in [2.05, 4.69) is 15.0 Å². The molecule has 1 heterocycles. The minimum atomic E-state index is -4.42. The van der Waals surface area contributed by atoms with E-state index in [9.17, 15) is 21.6 Å². The summed E-state index contributed by atoms with van der Waals surface area (Å²) in [5, 5.41) is 2.79. The summed E-state index contributed by atoms with van der Waals surface area (Å²) in [7, 11) is -3.44. The number of aromatic nitrogens is 1. The minimum Gasteiger partial charge on any atom is -0.354 e. The Morgan fingerprint density at radius 1 is 1.12 bits per heavy atom. The van der Waals surface area contributed by atoms with Crippen molar-refractivity contribution < 1.29 is 21.6 Å². The molecule has 0 unspecified atom stereocenters. The van der Waals surface area contributed by atoms with Crippen LogP contribution in [0.15, 0.2) is 42.6 Å². The molecule has 0 radical (unpaired) electrons. The van der Waals surface area contributed by atoms with Crippen LogP contribution in [0, 0.1) is 0 Å². The molecule has 130 valence electrons. The third kappa shape index (κ3) is 5.12. The lowest BCUT2D eigenvalue weighted by molar-refractivity contribution is -0.137. The van der Waals surface area contributed by atoms with Crippen molar-refractivity contribution in [2.75, 3.05) is 15.8 Å². The van der Waals surface area contributed by atoms with Gasteiger partial charge in [-0.3, -0.25) is 4.72 Å². The van der Waals surface area contributed by atoms with Crippen molar-refractivity contribution in [2.24, 2.45) is 0 Å². The van der Waals surface area contributed by atoms with Gasteiger partial charge in [-0.2, -0.15) is 13.2 Å². The Morgan fingerprint density at radius 2 is 1.88 bits per heavy atom. The van der Waals surface area contributed by atoms with Gasteiger partial charge < -0.3 is 5.32 Å². The van der Waals surface area contributed by atoms with Crippen molar-refractivity contribution in [3.8, 4) is 0 Å². The first-order valence-electron chi connectivity index (χ1n) is 7.10. The molecule has 0 fully saturated rings. The van der Waals surface area contributed by atoms with E-state index >= 15 is 0 Å². The normalized spacial score (nSPS) is 12.0. The lowest BCUT2D eigenvalue weighted by Crippen LogP contribution is -2.16. The number of halogens is 3. The smallest absolute Gasteiger partial charge is 0.354 e. The molecule has 0 saturated heterocycles. The number of rotatable bonds is 6. The van der Waals surface area contributed by atoms with Gasteiger partial charge in [0, 0.05) is 5.69 Å². The fourth-order valence-corrected chi connectivity index (χ4v) is 3.03. The number of sulfonamides is 1. The number of benzene rings is 1. The molecule has 2 N–H and O–H groups in total. The van der Waals surface area contributed by atoms with E-state index < -0.39 is 21.8 Å². The van der Waals surface area contributed by atoms with Gasteiger partial charge in [0.05, 0.1) is 23.2 Å². The molecule has 0 aliphatic heterocycles. The fraction of sp³-hybridized carbons (Fsp3) is 0.267. The number of anilines is 3. The highest BCUT2D eigenvalue weighted by Crippen LogP contribution is 2.31. The van der Waals surface area contributed by atoms with Crippen LogP contribution >= 0.6 is 0 Å². The van der Waals surface area contributed by atoms with Gasteiger partial charge in [-0.15, -0.1) is 0 Å². The van der Waals surface area contributed by atoms with Crippen molar-refractivity contribution in [3.63, 3.8) is 0 Å². The number of nitrogens with zero attached hydrogens (tertiary/aromatic N) is 1. The summed E-state index contributed by atoms with van der Waals surface area (Å²) in [6.45, 7) is 1.74. The number of hydrogen-bond donors (Lipinski definition) is 2. The first-order valence-corrected chi connectivity index (χ1v) is 8.75. The molecule has 2 aromatic rings. The standard InChI is InChI=1S/C15H16F3N3O2S/c1-2-8-24(22,23)21-14-7-6-13(10-19-14)20-12-5-3-4-11(9-12)15(16,17)18/h3-7,9-10,20H,2,8H2,1H3,(H,19,21). The summed E-state index contributed by atoms with van der Waals surface area (Å²) in [4.78, 5) is 3.94. The van der Waals surface area contributed by atoms with Gasteiger partial charge in [0.25, 0.3) is 0 Å². The molecule has 0 atom stereocenters. The molecule has 0 aliphatic carbocycles. The van der Waals surface area contributed by atoms with Crippen molar-refractivity contribution in [1.82, 2.24) is 4.98 Å². The maximum Gasteiger partial charge on any atom is 0.416 e. The molecule has 0 aliphatic rings. The molecular weight excluding hydrogens is 343 g/mol. The van der Waals surface area contributed by atoms with Gasteiger partial charge in [0.15, 0.2) is 0 Å². The Kier molecular flexibility index (Phi) is 5.33. The number of nitrogens with one attached hydrogen (secondary N) is 2. The topological polar surface area (TPSA) is 71.1 Å². The van der Waals surface area contributed by atoms with Crippen LogP contribution in [-0.2, 0) is 16.2 Å². The Balaban J connectivity index is 2.10. The summed E-state index contributed by atoms with van der Waals surface area (Å²) >= 11 is 0. The molecule has 2 rings (SSSR count). The van der Waals surface area contributed by atoms with Crippen molar-refractivity contribution >= 4 is 27.2 Å². The van der Waals surface area contributed by atoms with Gasteiger partial charge in [0.1, 0.15) is 5.82 Å². The van der Waals surface area contributed by atoms with Gasteiger partial charge >= 0.3 is 6.18 Å². The van der Waals surface area contributed by atoms with Crippen LogP contribution in [0.1, 0.15) is 18.9 Å². The van der Waals surface area contributed by atoms with Crippen LogP contribution in [0.5, 0.6) is 0 Å². The average Bonchev–Trinajstić information content (AvgIpc) is 2.48. The largest absolute Gasteiger partial charge is 0.416 e. The monoisotopic (exact) mass is 359 g/mol. The number of alkyl halides is 3.